The number of anilines is 2. The molecule has 34 heavy (non-hydrogen) atoms. The fourth-order valence-corrected chi connectivity index (χ4v) is 7.30. The highest BCUT2D eigenvalue weighted by atomic mass is 32.2. The highest BCUT2D eigenvalue weighted by Gasteiger charge is 2.38. The van der Waals surface area contributed by atoms with Gasteiger partial charge in [-0.1, -0.05) is 6.07 Å². The van der Waals surface area contributed by atoms with Gasteiger partial charge in [-0.05, 0) is 94.1 Å². The Kier molecular flexibility index (Phi) is 6.05. The van der Waals surface area contributed by atoms with Crippen molar-refractivity contribution in [1.82, 2.24) is 19.4 Å². The molecule has 2 aromatic rings. The number of rotatable bonds is 6. The van der Waals surface area contributed by atoms with Gasteiger partial charge in [-0.15, -0.1) is 0 Å². The molecule has 2 amide bonds. The number of carbonyl (C=O) groups is 1. The first kappa shape index (κ1) is 23.2. The molecule has 0 bridgehead atoms. The van der Waals surface area contributed by atoms with Crippen LogP contribution < -0.4 is 14.3 Å². The second-order valence-corrected chi connectivity index (χ2v) is 11.6. The van der Waals surface area contributed by atoms with Gasteiger partial charge in [0.05, 0.1) is 11.9 Å². The average molecular weight is 487 g/mol. The Morgan fingerprint density at radius 1 is 1.06 bits per heavy atom. The molecule has 2 atom stereocenters. The summed E-state index contributed by atoms with van der Waals surface area (Å²) in [5, 5.41) is 7.12. The molecule has 0 saturated heterocycles. The van der Waals surface area contributed by atoms with Gasteiger partial charge in [0, 0.05) is 31.0 Å². The van der Waals surface area contributed by atoms with Crippen LogP contribution in [0.2, 0.25) is 0 Å². The number of nitrogens with one attached hydrogen (secondary N) is 2. The molecule has 2 N–H and O–H groups in total. The zero-order valence-corrected chi connectivity index (χ0v) is 21.0. The summed E-state index contributed by atoms with van der Waals surface area (Å²) in [4.78, 5) is 15.2. The van der Waals surface area contributed by atoms with Crippen LogP contribution in [0.3, 0.4) is 0 Å². The number of amides is 2. The van der Waals surface area contributed by atoms with Crippen LogP contribution in [0.25, 0.3) is 0 Å². The number of hydrogen-bond acceptors (Lipinski definition) is 5. The summed E-state index contributed by atoms with van der Waals surface area (Å²) in [6.45, 7) is 0. The molecule has 1 aromatic heterocycles. The molecule has 184 valence electrons. The van der Waals surface area contributed by atoms with Crippen molar-refractivity contribution in [3.8, 4) is 0 Å². The molecule has 1 aromatic carbocycles. The molecule has 3 aliphatic rings. The van der Waals surface area contributed by atoms with E-state index in [9.17, 15) is 13.2 Å². The van der Waals surface area contributed by atoms with Crippen LogP contribution >= 0.6 is 0 Å². The second kappa shape index (κ2) is 8.88. The average Bonchev–Trinajstić information content (AvgIpc) is 3.54. The number of aryl methyl sites for hydroxylation is 3. The summed E-state index contributed by atoms with van der Waals surface area (Å²) in [5.74, 6) is 0. The Morgan fingerprint density at radius 2 is 1.71 bits per heavy atom. The summed E-state index contributed by atoms with van der Waals surface area (Å²) >= 11 is 0. The van der Waals surface area contributed by atoms with Crippen LogP contribution in [0.4, 0.5) is 16.2 Å². The van der Waals surface area contributed by atoms with Crippen LogP contribution in [0, 0.1) is 0 Å². The summed E-state index contributed by atoms with van der Waals surface area (Å²) in [7, 11) is 1.63. The molecular weight excluding hydrogens is 452 g/mol. The number of aromatic nitrogens is 2. The Bertz CT molecular complexity index is 1170. The summed E-state index contributed by atoms with van der Waals surface area (Å²) in [5.41, 5.74) is 6.21. The summed E-state index contributed by atoms with van der Waals surface area (Å²) in [6.07, 6.45) is 11.5. The van der Waals surface area contributed by atoms with E-state index in [1.54, 1.807) is 17.9 Å². The Morgan fingerprint density at radius 3 is 2.26 bits per heavy atom. The quantitative estimate of drug-likeness (QED) is 0.654. The molecule has 5 rings (SSSR count). The predicted octanol–water partition coefficient (Wildman–Crippen LogP) is 2.75. The highest BCUT2D eigenvalue weighted by Crippen LogP contribution is 2.38. The fourth-order valence-electron chi connectivity index (χ4n) is 5.96. The monoisotopic (exact) mass is 486 g/mol. The zero-order valence-electron chi connectivity index (χ0n) is 20.2. The number of urea groups is 1. The molecule has 2 unspecified atom stereocenters. The van der Waals surface area contributed by atoms with E-state index in [1.165, 1.54) is 32.8 Å². The lowest BCUT2D eigenvalue weighted by molar-refractivity contribution is 0.256. The SMILES string of the molecule is CN(C)C1CCC(N(c2cnn(C)c2)S(=O)(=O)NC(=O)Nc2c3c(cc4c2CCC4)CCC3)C1. The van der Waals surface area contributed by atoms with Crippen LogP contribution in [-0.2, 0) is 42.9 Å². The van der Waals surface area contributed by atoms with Gasteiger partial charge in [0.25, 0.3) is 0 Å². The van der Waals surface area contributed by atoms with Gasteiger partial charge in [0.2, 0.25) is 0 Å². The smallest absolute Gasteiger partial charge is 0.307 e. The standard InChI is InChI=1S/C24H34N6O3S/c1-28(2)18-10-11-19(13-18)30(20-14-25-29(3)15-20)34(32,33)27-24(31)26-23-21-8-4-6-16(21)12-17-7-5-9-22(17)23/h12,14-15,18-19H,4-11,13H2,1-3H3,(H2,26,27,31). The van der Waals surface area contributed by atoms with E-state index >= 15 is 0 Å². The van der Waals surface area contributed by atoms with Gasteiger partial charge in [-0.3, -0.25) is 4.68 Å². The third-order valence-electron chi connectivity index (χ3n) is 7.58. The first-order valence-corrected chi connectivity index (χ1v) is 13.6. The van der Waals surface area contributed by atoms with Crippen molar-refractivity contribution in [3.05, 3.63) is 40.7 Å². The molecule has 0 radical (unpaired) electrons. The van der Waals surface area contributed by atoms with Crippen molar-refractivity contribution in [2.45, 2.75) is 69.9 Å². The predicted molar refractivity (Wildman–Crippen MR) is 132 cm³/mol. The van der Waals surface area contributed by atoms with Crippen LogP contribution in [0.15, 0.2) is 18.5 Å². The van der Waals surface area contributed by atoms with E-state index in [4.69, 9.17) is 0 Å². The molecule has 0 spiro atoms. The van der Waals surface area contributed by atoms with Gasteiger partial charge in [-0.2, -0.15) is 13.5 Å². The summed E-state index contributed by atoms with van der Waals surface area (Å²) < 4.78 is 32.4. The number of benzene rings is 1. The normalized spacial score (nSPS) is 21.5. The van der Waals surface area contributed by atoms with Gasteiger partial charge < -0.3 is 10.2 Å². The third-order valence-corrected chi connectivity index (χ3v) is 9.05. The highest BCUT2D eigenvalue weighted by molar-refractivity contribution is 7.91. The van der Waals surface area contributed by atoms with Crippen molar-refractivity contribution in [3.63, 3.8) is 0 Å². The topological polar surface area (TPSA) is 99.6 Å². The van der Waals surface area contributed by atoms with Gasteiger partial charge >= 0.3 is 16.2 Å². The zero-order chi connectivity index (χ0) is 24.0. The Hall–Kier alpha value is -2.59. The number of carbonyl (C=O) groups excluding carboxylic acids is 1. The Labute approximate surface area is 201 Å². The fraction of sp³-hybridized carbons (Fsp3) is 0.583. The molecule has 9 nitrogen and oxygen atoms in total. The molecule has 10 heteroatoms. The molecule has 3 aliphatic carbocycles. The maximum atomic E-state index is 13.6. The number of hydrogen-bond donors (Lipinski definition) is 2. The Balaban J connectivity index is 1.40. The van der Waals surface area contributed by atoms with E-state index in [2.05, 4.69) is 26.1 Å². The van der Waals surface area contributed by atoms with Crippen LogP contribution in [0.1, 0.15) is 54.4 Å². The van der Waals surface area contributed by atoms with Crippen molar-refractivity contribution >= 4 is 27.6 Å². The van der Waals surface area contributed by atoms with E-state index in [1.807, 2.05) is 14.1 Å². The van der Waals surface area contributed by atoms with Crippen molar-refractivity contribution < 1.29 is 13.2 Å². The van der Waals surface area contributed by atoms with Gasteiger partial charge in [0.15, 0.2) is 0 Å². The minimum atomic E-state index is -4.14. The molecule has 1 saturated carbocycles. The van der Waals surface area contributed by atoms with Crippen LogP contribution in [-0.4, -0.2) is 55.3 Å². The minimum Gasteiger partial charge on any atom is -0.307 e. The number of nitrogens with zero attached hydrogens (tertiary/aromatic N) is 4. The first-order valence-electron chi connectivity index (χ1n) is 12.2. The molecule has 1 heterocycles. The minimum absolute atomic E-state index is 0.243. The van der Waals surface area contributed by atoms with Gasteiger partial charge in [-0.25, -0.2) is 13.8 Å². The van der Waals surface area contributed by atoms with Crippen molar-refractivity contribution in [1.29, 1.82) is 0 Å². The lowest BCUT2D eigenvalue weighted by Gasteiger charge is -2.29. The van der Waals surface area contributed by atoms with Gasteiger partial charge in [0.1, 0.15) is 0 Å². The third kappa shape index (κ3) is 4.29. The second-order valence-electron chi connectivity index (χ2n) is 10.0. The lowest BCUT2D eigenvalue weighted by atomic mass is 9.99. The summed E-state index contributed by atoms with van der Waals surface area (Å²) in [6, 6.07) is 1.64. The number of fused-ring (bicyclic) bond motifs is 2. The maximum absolute atomic E-state index is 13.6. The molecular formula is C24H34N6O3S. The lowest BCUT2D eigenvalue weighted by Crippen LogP contribution is -2.49. The largest absolute Gasteiger partial charge is 0.334 e. The van der Waals surface area contributed by atoms with E-state index < -0.39 is 16.2 Å². The van der Waals surface area contributed by atoms with E-state index in [0.29, 0.717) is 18.2 Å². The van der Waals surface area contributed by atoms with Crippen LogP contribution in [0.5, 0.6) is 0 Å². The first-order chi connectivity index (χ1) is 16.2. The van der Waals surface area contributed by atoms with E-state index in [0.717, 1.165) is 57.1 Å². The van der Waals surface area contributed by atoms with Crippen molar-refractivity contribution in [2.24, 2.45) is 7.05 Å². The van der Waals surface area contributed by atoms with E-state index in [-0.39, 0.29) is 6.04 Å². The van der Waals surface area contributed by atoms with Crippen molar-refractivity contribution in [2.75, 3.05) is 23.7 Å². The molecule has 0 aliphatic heterocycles. The molecule has 1 fully saturated rings. The maximum Gasteiger partial charge on any atom is 0.334 e.